The molecule has 0 aliphatic carbocycles. The monoisotopic (exact) mass is 821 g/mol. The van der Waals surface area contributed by atoms with Crippen LogP contribution in [0.4, 0.5) is 31.5 Å². The first-order chi connectivity index (χ1) is 28.3. The summed E-state index contributed by atoms with van der Waals surface area (Å²) in [5.41, 5.74) is 34.9. The minimum atomic E-state index is -0.772. The number of guanidine groups is 2. The van der Waals surface area contributed by atoms with Gasteiger partial charge >= 0.3 is 0 Å². The van der Waals surface area contributed by atoms with Gasteiger partial charge in [-0.1, -0.05) is 12.5 Å². The van der Waals surface area contributed by atoms with Crippen molar-refractivity contribution in [1.29, 1.82) is 0 Å². The van der Waals surface area contributed by atoms with E-state index < -0.39 is 23.4 Å². The molecule has 2 aromatic carbocycles. The van der Waals surface area contributed by atoms with Gasteiger partial charge in [0.05, 0.1) is 0 Å². The van der Waals surface area contributed by atoms with Crippen LogP contribution in [0.25, 0.3) is 0 Å². The lowest BCUT2D eigenvalue weighted by atomic mass is 10.00. The van der Waals surface area contributed by atoms with E-state index in [1.54, 1.807) is 0 Å². The number of hydrogen-bond donors (Lipinski definition) is 10. The number of anilines is 4. The number of rotatable bonds is 23. The number of allylic oxidation sites excluding steroid dienone is 1. The summed E-state index contributed by atoms with van der Waals surface area (Å²) in [5, 5.41) is 11.0. The highest BCUT2D eigenvalue weighted by Gasteiger charge is 2.23. The topological polar surface area (TPSA) is 310 Å². The molecule has 0 atom stereocenters. The lowest BCUT2D eigenvalue weighted by Crippen LogP contribution is -2.23. The van der Waals surface area contributed by atoms with Gasteiger partial charge in [-0.25, -0.2) is 8.78 Å². The number of unbranched alkanes of at least 4 members (excludes halogenated alkanes) is 2. The van der Waals surface area contributed by atoms with Crippen LogP contribution in [0.5, 0.6) is 0 Å². The number of nitrogens with two attached hydrogens (primary N) is 6. The average molecular weight is 822 g/mol. The minimum absolute atomic E-state index is 0.0609. The second-order valence-electron chi connectivity index (χ2n) is 13.7. The molecule has 0 aromatic heterocycles. The number of benzene rings is 2. The fourth-order valence-corrected chi connectivity index (χ4v) is 6.17. The molecule has 1 aliphatic rings. The maximum atomic E-state index is 15.2. The van der Waals surface area contributed by atoms with E-state index in [4.69, 9.17) is 34.4 Å². The molecule has 4 amide bonds. The average Bonchev–Trinajstić information content (AvgIpc) is 3.40. The number of aliphatic imine (C=N–C) groups is 3. The molecule has 16 N–H and O–H groups in total. The molecule has 0 saturated carbocycles. The molecule has 3 rings (SSSR count). The Balaban J connectivity index is 2.00. The predicted molar refractivity (Wildman–Crippen MR) is 230 cm³/mol. The molecule has 0 unspecified atom stereocenters. The quantitative estimate of drug-likeness (QED) is 0.0444. The summed E-state index contributed by atoms with van der Waals surface area (Å²) in [6.07, 6.45) is 7.29. The van der Waals surface area contributed by atoms with Crippen LogP contribution in [0.3, 0.4) is 0 Å². The van der Waals surface area contributed by atoms with Gasteiger partial charge in [0.15, 0.2) is 11.9 Å². The van der Waals surface area contributed by atoms with Crippen LogP contribution in [-0.2, 0) is 32.0 Å². The Kier molecular flexibility index (Phi) is 19.6. The van der Waals surface area contributed by atoms with Crippen molar-refractivity contribution in [3.63, 3.8) is 0 Å². The lowest BCUT2D eigenvalue weighted by molar-refractivity contribution is -0.117. The second-order valence-corrected chi connectivity index (χ2v) is 13.7. The molecule has 59 heavy (non-hydrogen) atoms. The fourth-order valence-electron chi connectivity index (χ4n) is 6.17. The number of amides is 4. The third kappa shape index (κ3) is 15.9. The molecule has 0 saturated heterocycles. The Bertz CT molecular complexity index is 1970. The van der Waals surface area contributed by atoms with Crippen molar-refractivity contribution >= 4 is 64.5 Å². The largest absolute Gasteiger partial charge is 0.370 e. The first-order valence-corrected chi connectivity index (χ1v) is 19.6. The summed E-state index contributed by atoms with van der Waals surface area (Å²) < 4.78 is 30.3. The molecule has 17 nitrogen and oxygen atoms in total. The Labute approximate surface area is 342 Å². The van der Waals surface area contributed by atoms with Gasteiger partial charge < -0.3 is 55.7 Å². The normalized spacial score (nSPS) is 12.3. The number of halogens is 2. The molecule has 0 fully saturated rings. The molecular formula is C40H57F2N13O4. The third-order valence-corrected chi connectivity index (χ3v) is 9.08. The standard InChI is InChI=1S/C40H57F2N13O4/c1-2-24-13-18-49-34(38(59)55-33-22-26(42)20-31(53-36(57)12-4-6-15-44)28(33)10-8-17-51-40(47)48)23-29(24)37(58)54-32-21-25(41)19-30(52-35(56)11-3-5-14-43)27(32)9-7-16-50-39(45)46/h18-23H,2-17,43-44H2,1H3,(H,52,56)(H,53,57)(H,54,58)(H,55,59)(H4,45,46,50)(H4,47,48,51). The van der Waals surface area contributed by atoms with E-state index in [9.17, 15) is 19.2 Å². The Morgan fingerprint density at radius 1 is 0.661 bits per heavy atom. The molecule has 0 radical (unpaired) electrons. The van der Waals surface area contributed by atoms with E-state index in [-0.39, 0.29) is 103 Å². The smallest absolute Gasteiger partial charge is 0.274 e. The van der Waals surface area contributed by atoms with E-state index in [2.05, 4.69) is 36.2 Å². The number of hydrogen-bond acceptors (Lipinski definition) is 9. The molecule has 0 spiro atoms. The van der Waals surface area contributed by atoms with Crippen molar-refractivity contribution in [2.75, 3.05) is 47.4 Å². The molecular weight excluding hydrogens is 765 g/mol. The first-order valence-electron chi connectivity index (χ1n) is 19.6. The van der Waals surface area contributed by atoms with Gasteiger partial charge in [-0.3, -0.25) is 34.2 Å². The lowest BCUT2D eigenvalue weighted by Gasteiger charge is -2.18. The summed E-state index contributed by atoms with van der Waals surface area (Å²) in [5.74, 6) is -3.81. The van der Waals surface area contributed by atoms with Crippen LogP contribution < -0.4 is 55.7 Å². The van der Waals surface area contributed by atoms with Gasteiger partial charge in [-0.05, 0) is 112 Å². The van der Waals surface area contributed by atoms with Crippen LogP contribution in [0, 0.1) is 11.6 Å². The Morgan fingerprint density at radius 3 is 1.53 bits per heavy atom. The zero-order valence-corrected chi connectivity index (χ0v) is 33.5. The number of nitrogens with zero attached hydrogens (tertiary/aromatic N) is 3. The van der Waals surface area contributed by atoms with Crippen LogP contribution in [0.15, 0.2) is 62.2 Å². The van der Waals surface area contributed by atoms with E-state index in [0.29, 0.717) is 74.7 Å². The molecule has 1 heterocycles. The van der Waals surface area contributed by atoms with Crippen molar-refractivity contribution in [3.05, 3.63) is 69.9 Å². The minimum Gasteiger partial charge on any atom is -0.370 e. The van der Waals surface area contributed by atoms with Crippen molar-refractivity contribution < 1.29 is 28.0 Å². The predicted octanol–water partition coefficient (Wildman–Crippen LogP) is 3.15. The summed E-state index contributed by atoms with van der Waals surface area (Å²) in [7, 11) is 0. The van der Waals surface area contributed by atoms with Crippen molar-refractivity contribution in [2.45, 2.75) is 84.0 Å². The summed E-state index contributed by atoms with van der Waals surface area (Å²) in [6, 6.07) is 4.59. The summed E-state index contributed by atoms with van der Waals surface area (Å²) in [6.45, 7) is 3.12. The highest BCUT2D eigenvalue weighted by molar-refractivity contribution is 6.12. The fraction of sp³-hybridized carbons (Fsp3) is 0.425. The summed E-state index contributed by atoms with van der Waals surface area (Å²) in [4.78, 5) is 66.0. The zero-order chi connectivity index (χ0) is 43.3. The second kappa shape index (κ2) is 24.5. The van der Waals surface area contributed by atoms with Gasteiger partial charge in [-0.2, -0.15) is 0 Å². The van der Waals surface area contributed by atoms with Crippen LogP contribution >= 0.6 is 0 Å². The van der Waals surface area contributed by atoms with Gasteiger partial charge in [0.25, 0.3) is 11.8 Å². The Hall–Kier alpha value is -6.21. The van der Waals surface area contributed by atoms with Gasteiger partial charge in [0.1, 0.15) is 17.3 Å². The zero-order valence-electron chi connectivity index (χ0n) is 33.5. The molecule has 19 heteroatoms. The molecule has 2 aromatic rings. The first kappa shape index (κ1) is 47.2. The van der Waals surface area contributed by atoms with E-state index >= 15 is 8.78 Å². The third-order valence-electron chi connectivity index (χ3n) is 9.08. The van der Waals surface area contributed by atoms with E-state index in [1.165, 1.54) is 18.4 Å². The highest BCUT2D eigenvalue weighted by Crippen LogP contribution is 2.32. The van der Waals surface area contributed by atoms with Gasteiger partial charge in [0, 0.05) is 66.9 Å². The van der Waals surface area contributed by atoms with Crippen LogP contribution in [-0.4, -0.2) is 67.9 Å². The maximum Gasteiger partial charge on any atom is 0.274 e. The van der Waals surface area contributed by atoms with Crippen molar-refractivity contribution in [2.24, 2.45) is 49.4 Å². The summed E-state index contributed by atoms with van der Waals surface area (Å²) >= 11 is 0. The number of nitrogens with one attached hydrogen (secondary N) is 4. The van der Waals surface area contributed by atoms with Gasteiger partial charge in [0.2, 0.25) is 11.8 Å². The SMILES string of the molecule is CCC1=C(C(=O)Nc2cc(F)cc(NC(=O)CCCCN)c2CCCN=C(N)N)C=C(C(=O)Nc2cc(F)cc(NC(=O)CCCCN)c2CCCN=C(N)N)N=CC1. The Morgan fingerprint density at radius 2 is 1.10 bits per heavy atom. The molecule has 320 valence electrons. The number of carbonyl (C=O) groups excluding carboxylic acids is 4. The van der Waals surface area contributed by atoms with Crippen LogP contribution in [0.2, 0.25) is 0 Å². The maximum absolute atomic E-state index is 15.2. The van der Waals surface area contributed by atoms with E-state index in [1.807, 2.05) is 6.92 Å². The molecule has 0 bridgehead atoms. The highest BCUT2D eigenvalue weighted by atomic mass is 19.1. The van der Waals surface area contributed by atoms with Gasteiger partial charge in [-0.15, -0.1) is 0 Å². The number of carbonyl (C=O) groups is 4. The van der Waals surface area contributed by atoms with E-state index in [0.717, 1.165) is 18.2 Å². The van der Waals surface area contributed by atoms with Crippen molar-refractivity contribution in [1.82, 2.24) is 0 Å². The molecule has 1 aliphatic heterocycles. The van der Waals surface area contributed by atoms with Crippen molar-refractivity contribution in [3.8, 4) is 0 Å². The van der Waals surface area contributed by atoms with Crippen LogP contribution in [0.1, 0.15) is 82.3 Å².